The van der Waals surface area contributed by atoms with Gasteiger partial charge in [0.25, 0.3) is 0 Å². The van der Waals surface area contributed by atoms with Gasteiger partial charge >= 0.3 is 0 Å². The van der Waals surface area contributed by atoms with E-state index in [9.17, 15) is 9.18 Å². The average Bonchev–Trinajstić information content (AvgIpc) is 3.19. The molecule has 22 heavy (non-hydrogen) atoms. The predicted octanol–water partition coefficient (Wildman–Crippen LogP) is 4.06. The van der Waals surface area contributed by atoms with Gasteiger partial charge in [0.15, 0.2) is 0 Å². The first-order chi connectivity index (χ1) is 10.7. The summed E-state index contributed by atoms with van der Waals surface area (Å²) >= 11 is 1.78. The van der Waals surface area contributed by atoms with Gasteiger partial charge in [0, 0.05) is 16.8 Å². The number of halogens is 1. The van der Waals surface area contributed by atoms with Gasteiger partial charge in [-0.15, -0.1) is 11.3 Å². The summed E-state index contributed by atoms with van der Waals surface area (Å²) < 4.78 is 12.9. The highest BCUT2D eigenvalue weighted by atomic mass is 32.1. The van der Waals surface area contributed by atoms with Gasteiger partial charge in [-0.3, -0.25) is 4.79 Å². The lowest BCUT2D eigenvalue weighted by molar-refractivity contribution is -0.120. The molecule has 1 aliphatic rings. The van der Waals surface area contributed by atoms with Crippen LogP contribution in [0.1, 0.15) is 36.1 Å². The van der Waals surface area contributed by atoms with Gasteiger partial charge < -0.3 is 5.32 Å². The summed E-state index contributed by atoms with van der Waals surface area (Å²) in [4.78, 5) is 13.5. The van der Waals surface area contributed by atoms with Crippen LogP contribution in [0.2, 0.25) is 0 Å². The van der Waals surface area contributed by atoms with Crippen molar-refractivity contribution < 1.29 is 9.18 Å². The zero-order valence-corrected chi connectivity index (χ0v) is 13.3. The fourth-order valence-electron chi connectivity index (χ4n) is 3.26. The molecule has 0 atom stereocenters. The van der Waals surface area contributed by atoms with Gasteiger partial charge in [0.1, 0.15) is 5.82 Å². The zero-order valence-electron chi connectivity index (χ0n) is 12.5. The largest absolute Gasteiger partial charge is 0.355 e. The maximum Gasteiger partial charge on any atom is 0.224 e. The molecule has 0 unspecified atom stereocenters. The third-order valence-electron chi connectivity index (χ3n) is 4.51. The molecule has 1 fully saturated rings. The highest BCUT2D eigenvalue weighted by Gasteiger charge is 2.36. The van der Waals surface area contributed by atoms with Crippen molar-refractivity contribution in [3.05, 3.63) is 58.0 Å². The monoisotopic (exact) mass is 317 g/mol. The summed E-state index contributed by atoms with van der Waals surface area (Å²) in [5.41, 5.74) is 0.961. The van der Waals surface area contributed by atoms with Crippen molar-refractivity contribution in [3.63, 3.8) is 0 Å². The molecule has 1 aromatic carbocycles. The molecular formula is C18H20FNOS. The molecule has 1 N–H and O–H groups in total. The zero-order chi connectivity index (χ0) is 15.4. The molecule has 1 aromatic heterocycles. The van der Waals surface area contributed by atoms with Gasteiger partial charge in [0.2, 0.25) is 5.91 Å². The lowest BCUT2D eigenvalue weighted by atomic mass is 9.84. The maximum absolute atomic E-state index is 12.9. The number of thiophene rings is 1. The summed E-state index contributed by atoms with van der Waals surface area (Å²) in [5.74, 6) is -0.263. The van der Waals surface area contributed by atoms with Gasteiger partial charge in [-0.05, 0) is 42.0 Å². The first kappa shape index (κ1) is 15.2. The van der Waals surface area contributed by atoms with Gasteiger partial charge in [-0.1, -0.05) is 31.0 Å². The lowest BCUT2D eigenvalue weighted by Gasteiger charge is -2.28. The number of amides is 1. The third kappa shape index (κ3) is 3.38. The summed E-state index contributed by atoms with van der Waals surface area (Å²) in [6.07, 6.45) is 5.05. The topological polar surface area (TPSA) is 29.1 Å². The second kappa shape index (κ2) is 6.61. The van der Waals surface area contributed by atoms with E-state index in [1.807, 2.05) is 0 Å². The fourth-order valence-corrected chi connectivity index (χ4v) is 4.25. The highest BCUT2D eigenvalue weighted by molar-refractivity contribution is 7.10. The Morgan fingerprint density at radius 1 is 1.18 bits per heavy atom. The van der Waals surface area contributed by atoms with Crippen molar-refractivity contribution in [2.24, 2.45) is 0 Å². The van der Waals surface area contributed by atoms with E-state index in [0.29, 0.717) is 13.0 Å². The molecule has 1 heterocycles. The molecule has 1 amide bonds. The van der Waals surface area contributed by atoms with Crippen LogP contribution in [-0.4, -0.2) is 12.5 Å². The number of benzene rings is 1. The Morgan fingerprint density at radius 3 is 2.55 bits per heavy atom. The first-order valence-corrected chi connectivity index (χ1v) is 8.61. The van der Waals surface area contributed by atoms with Crippen LogP contribution in [0.15, 0.2) is 41.8 Å². The minimum absolute atomic E-state index is 0.00874. The lowest BCUT2D eigenvalue weighted by Crippen LogP contribution is -2.39. The molecule has 116 valence electrons. The molecule has 0 saturated heterocycles. The van der Waals surface area contributed by atoms with E-state index in [-0.39, 0.29) is 17.1 Å². The fraction of sp³-hybridized carbons (Fsp3) is 0.389. The van der Waals surface area contributed by atoms with E-state index in [0.717, 1.165) is 18.4 Å². The number of hydrogen-bond acceptors (Lipinski definition) is 2. The molecule has 3 rings (SSSR count). The van der Waals surface area contributed by atoms with Crippen LogP contribution in [0.3, 0.4) is 0 Å². The van der Waals surface area contributed by atoms with E-state index in [2.05, 4.69) is 22.8 Å². The number of hydrogen-bond donors (Lipinski definition) is 1. The van der Waals surface area contributed by atoms with Crippen LogP contribution in [0.4, 0.5) is 4.39 Å². The summed E-state index contributed by atoms with van der Waals surface area (Å²) in [6.45, 7) is 0.702. The van der Waals surface area contributed by atoms with E-state index in [1.165, 1.54) is 29.9 Å². The smallest absolute Gasteiger partial charge is 0.224 e. The third-order valence-corrected chi connectivity index (χ3v) is 5.62. The molecular weight excluding hydrogens is 297 g/mol. The van der Waals surface area contributed by atoms with Crippen molar-refractivity contribution in [1.82, 2.24) is 5.32 Å². The van der Waals surface area contributed by atoms with E-state index in [4.69, 9.17) is 0 Å². The summed E-state index contributed by atoms with van der Waals surface area (Å²) in [5, 5.41) is 5.20. The normalized spacial score (nSPS) is 16.6. The number of carbonyl (C=O) groups is 1. The Kier molecular flexibility index (Phi) is 4.57. The Hall–Kier alpha value is -1.68. The Balaban J connectivity index is 1.60. The Morgan fingerprint density at radius 2 is 1.91 bits per heavy atom. The number of nitrogens with one attached hydrogen (secondary N) is 1. The van der Waals surface area contributed by atoms with Crippen LogP contribution >= 0.6 is 11.3 Å². The van der Waals surface area contributed by atoms with E-state index < -0.39 is 0 Å². The minimum atomic E-state index is -0.272. The van der Waals surface area contributed by atoms with Gasteiger partial charge in [-0.25, -0.2) is 4.39 Å². The average molecular weight is 317 g/mol. The van der Waals surface area contributed by atoms with Crippen molar-refractivity contribution in [2.45, 2.75) is 37.5 Å². The molecule has 0 aliphatic heterocycles. The Bertz CT molecular complexity index is 615. The van der Waals surface area contributed by atoms with E-state index in [1.54, 1.807) is 23.5 Å². The quantitative estimate of drug-likeness (QED) is 0.885. The SMILES string of the molecule is O=C(Cc1ccc(F)cc1)NCC1(c2cccs2)CCCC1. The van der Waals surface area contributed by atoms with Crippen LogP contribution in [0, 0.1) is 5.82 Å². The van der Waals surface area contributed by atoms with Gasteiger partial charge in [0.05, 0.1) is 6.42 Å². The molecule has 0 bridgehead atoms. The predicted molar refractivity (Wildman–Crippen MR) is 87.6 cm³/mol. The molecule has 4 heteroatoms. The molecule has 1 saturated carbocycles. The van der Waals surface area contributed by atoms with Crippen molar-refractivity contribution in [2.75, 3.05) is 6.54 Å². The molecule has 1 aliphatic carbocycles. The number of rotatable bonds is 5. The van der Waals surface area contributed by atoms with Crippen molar-refractivity contribution >= 4 is 17.2 Å². The van der Waals surface area contributed by atoms with Crippen LogP contribution < -0.4 is 5.32 Å². The van der Waals surface area contributed by atoms with Crippen LogP contribution in [0.25, 0.3) is 0 Å². The second-order valence-electron chi connectivity index (χ2n) is 6.04. The standard InChI is InChI=1S/C18H20FNOS/c19-15-7-5-14(6-8-15)12-17(21)20-13-18(9-1-2-10-18)16-4-3-11-22-16/h3-8,11H,1-2,9-10,12-13H2,(H,20,21). The minimum Gasteiger partial charge on any atom is -0.355 e. The molecule has 0 radical (unpaired) electrons. The first-order valence-electron chi connectivity index (χ1n) is 7.73. The molecule has 2 nitrogen and oxygen atoms in total. The maximum atomic E-state index is 12.9. The summed E-state index contributed by atoms with van der Waals surface area (Å²) in [7, 11) is 0. The van der Waals surface area contributed by atoms with Crippen LogP contribution in [-0.2, 0) is 16.6 Å². The van der Waals surface area contributed by atoms with Crippen molar-refractivity contribution in [1.29, 1.82) is 0 Å². The van der Waals surface area contributed by atoms with Crippen molar-refractivity contribution in [3.8, 4) is 0 Å². The van der Waals surface area contributed by atoms with E-state index >= 15 is 0 Å². The highest BCUT2D eigenvalue weighted by Crippen LogP contribution is 2.42. The van der Waals surface area contributed by atoms with Crippen LogP contribution in [0.5, 0.6) is 0 Å². The number of carbonyl (C=O) groups excluding carboxylic acids is 1. The molecule has 0 spiro atoms. The molecule has 2 aromatic rings. The van der Waals surface area contributed by atoms with Gasteiger partial charge in [-0.2, -0.15) is 0 Å². The summed E-state index contributed by atoms with van der Waals surface area (Å²) in [6, 6.07) is 10.4. The second-order valence-corrected chi connectivity index (χ2v) is 6.99. The Labute approximate surface area is 134 Å².